The summed E-state index contributed by atoms with van der Waals surface area (Å²) in [4.78, 5) is 35.1. The first-order chi connectivity index (χ1) is 14.3. The minimum atomic E-state index is -0.475. The molecule has 30 heavy (non-hydrogen) atoms. The Kier molecular flexibility index (Phi) is 6.48. The summed E-state index contributed by atoms with van der Waals surface area (Å²) in [6, 6.07) is 12.0. The van der Waals surface area contributed by atoms with Crippen LogP contribution in [0.2, 0.25) is 0 Å². The van der Waals surface area contributed by atoms with Gasteiger partial charge in [0, 0.05) is 46.0 Å². The van der Waals surface area contributed by atoms with E-state index in [1.807, 2.05) is 0 Å². The molecule has 2 aromatic carbocycles. The lowest BCUT2D eigenvalue weighted by Gasteiger charge is -2.17. The molecule has 0 amide bonds. The summed E-state index contributed by atoms with van der Waals surface area (Å²) in [5.41, 5.74) is 2.07. The second-order valence-electron chi connectivity index (χ2n) is 6.28. The van der Waals surface area contributed by atoms with Crippen molar-refractivity contribution < 1.29 is 14.6 Å². The number of hydrogen-bond donors (Lipinski definition) is 0. The molecular formula is C20H15N3O5S2. The summed E-state index contributed by atoms with van der Waals surface area (Å²) in [7, 11) is 0. The molecular weight excluding hydrogens is 426 g/mol. The van der Waals surface area contributed by atoms with Crippen molar-refractivity contribution in [2.45, 2.75) is 23.6 Å². The number of nitro groups is 2. The predicted octanol–water partition coefficient (Wildman–Crippen LogP) is 5.55. The zero-order chi connectivity index (χ0) is 21.8. The van der Waals surface area contributed by atoms with Crippen LogP contribution in [-0.4, -0.2) is 21.3 Å². The van der Waals surface area contributed by atoms with Crippen LogP contribution in [0.1, 0.15) is 13.8 Å². The molecule has 0 saturated carbocycles. The highest BCUT2D eigenvalue weighted by Crippen LogP contribution is 2.36. The van der Waals surface area contributed by atoms with Crippen LogP contribution in [-0.2, 0) is 4.79 Å². The van der Waals surface area contributed by atoms with E-state index in [2.05, 4.69) is 4.40 Å². The summed E-state index contributed by atoms with van der Waals surface area (Å²) in [6.07, 6.45) is 1.51. The van der Waals surface area contributed by atoms with Gasteiger partial charge in [-0.2, -0.15) is 0 Å². The van der Waals surface area contributed by atoms with Crippen molar-refractivity contribution in [3.8, 4) is 0 Å². The van der Waals surface area contributed by atoms with Crippen molar-refractivity contribution in [3.05, 3.63) is 90.9 Å². The maximum absolute atomic E-state index is 12.5. The van der Waals surface area contributed by atoms with Crippen LogP contribution >= 0.6 is 23.7 Å². The maximum Gasteiger partial charge on any atom is 0.269 e. The topological polar surface area (TPSA) is 116 Å². The number of benzene rings is 2. The van der Waals surface area contributed by atoms with Gasteiger partial charge in [0.25, 0.3) is 11.4 Å². The van der Waals surface area contributed by atoms with E-state index in [1.165, 1.54) is 42.1 Å². The number of non-ortho nitro benzene ring substituents is 2. The SMILES string of the molecule is CC1=CC(=O)C(Sc2ccc([N+](=O)[O-])cc2)=C(C)C1=NSc1ccc([N+](=O)[O-])cc1. The van der Waals surface area contributed by atoms with Gasteiger partial charge in [-0.25, -0.2) is 4.40 Å². The molecule has 0 radical (unpaired) electrons. The van der Waals surface area contributed by atoms with Crippen molar-refractivity contribution in [2.75, 3.05) is 0 Å². The lowest BCUT2D eigenvalue weighted by atomic mass is 9.97. The first-order valence-electron chi connectivity index (χ1n) is 8.62. The first-order valence-corrected chi connectivity index (χ1v) is 10.2. The Morgan fingerprint density at radius 3 is 1.83 bits per heavy atom. The fourth-order valence-electron chi connectivity index (χ4n) is 2.67. The highest BCUT2D eigenvalue weighted by Gasteiger charge is 2.23. The molecule has 0 atom stereocenters. The Morgan fingerprint density at radius 2 is 1.33 bits per heavy atom. The van der Waals surface area contributed by atoms with Crippen molar-refractivity contribution in [1.29, 1.82) is 0 Å². The fraction of sp³-hybridized carbons (Fsp3) is 0.100. The molecule has 2 aromatic rings. The van der Waals surface area contributed by atoms with Crippen molar-refractivity contribution in [1.82, 2.24) is 0 Å². The fourth-order valence-corrected chi connectivity index (χ4v) is 4.32. The van der Waals surface area contributed by atoms with Crippen LogP contribution in [0.4, 0.5) is 11.4 Å². The molecule has 0 aromatic heterocycles. The number of ketones is 1. The Bertz CT molecular complexity index is 1120. The predicted molar refractivity (Wildman–Crippen MR) is 117 cm³/mol. The van der Waals surface area contributed by atoms with E-state index >= 15 is 0 Å². The number of rotatable bonds is 6. The van der Waals surface area contributed by atoms with E-state index < -0.39 is 9.85 Å². The van der Waals surface area contributed by atoms with Crippen LogP contribution in [0.5, 0.6) is 0 Å². The van der Waals surface area contributed by atoms with E-state index in [4.69, 9.17) is 0 Å². The number of thioether (sulfide) groups is 1. The van der Waals surface area contributed by atoms with Gasteiger partial charge in [0.15, 0.2) is 5.78 Å². The normalized spacial score (nSPS) is 15.3. The molecule has 0 unspecified atom stereocenters. The molecule has 1 aliphatic rings. The van der Waals surface area contributed by atoms with Gasteiger partial charge >= 0.3 is 0 Å². The third-order valence-electron chi connectivity index (χ3n) is 4.20. The van der Waals surface area contributed by atoms with Gasteiger partial charge < -0.3 is 0 Å². The Labute approximate surface area is 180 Å². The van der Waals surface area contributed by atoms with Crippen molar-refractivity contribution in [2.24, 2.45) is 4.40 Å². The van der Waals surface area contributed by atoms with Crippen LogP contribution in [0, 0.1) is 20.2 Å². The van der Waals surface area contributed by atoms with Crippen LogP contribution < -0.4 is 0 Å². The van der Waals surface area contributed by atoms with Gasteiger partial charge in [-0.05, 0) is 55.3 Å². The van der Waals surface area contributed by atoms with E-state index in [0.717, 1.165) is 22.4 Å². The third kappa shape index (κ3) is 4.84. The zero-order valence-corrected chi connectivity index (χ0v) is 17.5. The molecule has 8 nitrogen and oxygen atoms in total. The number of carbonyl (C=O) groups excluding carboxylic acids is 1. The van der Waals surface area contributed by atoms with Crippen LogP contribution in [0.25, 0.3) is 0 Å². The van der Waals surface area contributed by atoms with Crippen LogP contribution in [0.3, 0.4) is 0 Å². The molecule has 3 rings (SSSR count). The second-order valence-corrected chi connectivity index (χ2v) is 8.20. The Balaban J connectivity index is 1.84. The molecule has 0 fully saturated rings. The van der Waals surface area contributed by atoms with Gasteiger partial charge in [0.05, 0.1) is 20.5 Å². The lowest BCUT2D eigenvalue weighted by Crippen LogP contribution is -2.15. The number of carbonyl (C=O) groups is 1. The Hall–Kier alpha value is -3.24. The average Bonchev–Trinajstić information content (AvgIpc) is 2.71. The standard InChI is InChI=1S/C20H15N3O5S2/c1-12-11-18(24)20(29-16-7-3-14(4-8-16)22(25)26)13(2)19(12)21-30-17-9-5-15(6-10-17)23(27)28/h3-11H,1-2H3. The van der Waals surface area contributed by atoms with Gasteiger partial charge in [-0.1, -0.05) is 11.8 Å². The van der Waals surface area contributed by atoms with Gasteiger partial charge in [-0.15, -0.1) is 0 Å². The molecule has 0 aliphatic heterocycles. The summed E-state index contributed by atoms with van der Waals surface area (Å²) < 4.78 is 4.54. The van der Waals surface area contributed by atoms with E-state index in [1.54, 1.807) is 38.1 Å². The van der Waals surface area contributed by atoms with Gasteiger partial charge in [-0.3, -0.25) is 25.0 Å². The molecule has 0 saturated heterocycles. The average molecular weight is 441 g/mol. The summed E-state index contributed by atoms with van der Waals surface area (Å²) in [5.74, 6) is -0.146. The summed E-state index contributed by atoms with van der Waals surface area (Å²) in [5, 5.41) is 21.6. The number of nitrogens with zero attached hydrogens (tertiary/aromatic N) is 3. The first kappa shape index (κ1) is 21.5. The second kappa shape index (κ2) is 9.06. The van der Waals surface area contributed by atoms with Crippen molar-refractivity contribution >= 4 is 46.6 Å². The smallest absolute Gasteiger partial charge is 0.269 e. The molecule has 0 bridgehead atoms. The summed E-state index contributed by atoms with van der Waals surface area (Å²) >= 11 is 2.40. The van der Waals surface area contributed by atoms with E-state index in [9.17, 15) is 25.0 Å². The van der Waals surface area contributed by atoms with Gasteiger partial charge in [0.2, 0.25) is 0 Å². The molecule has 1 aliphatic carbocycles. The minimum absolute atomic E-state index is 0.00389. The monoisotopic (exact) mass is 441 g/mol. The minimum Gasteiger partial charge on any atom is -0.289 e. The van der Waals surface area contributed by atoms with E-state index in [0.29, 0.717) is 21.1 Å². The number of nitro benzene ring substituents is 2. The molecule has 10 heteroatoms. The molecule has 152 valence electrons. The van der Waals surface area contributed by atoms with Crippen molar-refractivity contribution in [3.63, 3.8) is 0 Å². The molecule has 0 spiro atoms. The maximum atomic E-state index is 12.5. The quantitative estimate of drug-likeness (QED) is 0.250. The number of hydrogen-bond acceptors (Lipinski definition) is 8. The lowest BCUT2D eigenvalue weighted by molar-refractivity contribution is -0.385. The molecule has 0 heterocycles. The highest BCUT2D eigenvalue weighted by molar-refractivity contribution is 8.04. The van der Waals surface area contributed by atoms with Gasteiger partial charge in [0.1, 0.15) is 0 Å². The third-order valence-corrected chi connectivity index (χ3v) is 6.17. The largest absolute Gasteiger partial charge is 0.289 e. The van der Waals surface area contributed by atoms with Crippen LogP contribution in [0.15, 0.2) is 84.8 Å². The summed E-state index contributed by atoms with van der Waals surface area (Å²) in [6.45, 7) is 3.60. The zero-order valence-electron chi connectivity index (χ0n) is 15.9. The Morgan fingerprint density at radius 1 is 0.833 bits per heavy atom. The highest BCUT2D eigenvalue weighted by atomic mass is 32.2. The molecule has 0 N–H and O–H groups in total. The number of allylic oxidation sites excluding steroid dienone is 4. The van der Waals surface area contributed by atoms with E-state index in [-0.39, 0.29) is 17.2 Å².